The second-order valence-electron chi connectivity index (χ2n) is 9.07. The molecule has 1 unspecified atom stereocenters. The molecule has 0 spiro atoms. The molecule has 0 heterocycles. The maximum Gasteiger partial charge on any atom is 0.408 e. The second kappa shape index (κ2) is 9.08. The Labute approximate surface area is 182 Å². The van der Waals surface area contributed by atoms with E-state index in [0.29, 0.717) is 17.7 Å². The van der Waals surface area contributed by atoms with Crippen LogP contribution in [0.3, 0.4) is 0 Å². The SMILES string of the molecule is COc1cc(F)ccc1C(C)C(=O)C[C@H]1Cc2ccccc2[C@@H]1NC(=O)OC(C)(C)C. The molecule has 6 heteroatoms. The predicted octanol–water partition coefficient (Wildman–Crippen LogP) is 5.34. The molecule has 0 aliphatic heterocycles. The molecule has 0 radical (unpaired) electrons. The molecule has 1 aliphatic rings. The molecule has 1 amide bonds. The van der Waals surface area contributed by atoms with Gasteiger partial charge in [0, 0.05) is 24.0 Å². The molecule has 166 valence electrons. The quantitative estimate of drug-likeness (QED) is 0.676. The minimum Gasteiger partial charge on any atom is -0.496 e. The van der Waals surface area contributed by atoms with Gasteiger partial charge in [0.15, 0.2) is 0 Å². The van der Waals surface area contributed by atoms with Crippen LogP contribution >= 0.6 is 0 Å². The molecule has 1 N–H and O–H groups in total. The molecular formula is C25H30FNO4. The maximum absolute atomic E-state index is 13.6. The molecule has 0 aromatic heterocycles. The number of Topliss-reactive ketones (excluding diaryl/α,β-unsaturated/α-hetero) is 1. The van der Waals surface area contributed by atoms with Crippen LogP contribution in [0.4, 0.5) is 9.18 Å². The van der Waals surface area contributed by atoms with Crippen LogP contribution in [0.25, 0.3) is 0 Å². The summed E-state index contributed by atoms with van der Waals surface area (Å²) in [5.41, 5.74) is 2.17. The highest BCUT2D eigenvalue weighted by Gasteiger charge is 2.36. The van der Waals surface area contributed by atoms with Crippen LogP contribution < -0.4 is 10.1 Å². The fourth-order valence-electron chi connectivity index (χ4n) is 4.15. The van der Waals surface area contributed by atoms with Crippen molar-refractivity contribution < 1.29 is 23.5 Å². The number of carbonyl (C=O) groups excluding carboxylic acids is 2. The van der Waals surface area contributed by atoms with Gasteiger partial charge in [0.25, 0.3) is 0 Å². The predicted molar refractivity (Wildman–Crippen MR) is 117 cm³/mol. The number of hydrogen-bond donors (Lipinski definition) is 1. The van der Waals surface area contributed by atoms with E-state index in [1.54, 1.807) is 13.0 Å². The van der Waals surface area contributed by atoms with Crippen molar-refractivity contribution in [1.29, 1.82) is 0 Å². The van der Waals surface area contributed by atoms with Crippen molar-refractivity contribution >= 4 is 11.9 Å². The number of ketones is 1. The number of rotatable bonds is 6. The largest absolute Gasteiger partial charge is 0.496 e. The Morgan fingerprint density at radius 2 is 1.90 bits per heavy atom. The summed E-state index contributed by atoms with van der Waals surface area (Å²) in [5, 5.41) is 2.97. The molecule has 1 aliphatic carbocycles. The van der Waals surface area contributed by atoms with E-state index in [1.165, 1.54) is 19.2 Å². The molecule has 0 bridgehead atoms. The van der Waals surface area contributed by atoms with E-state index in [4.69, 9.17) is 9.47 Å². The molecule has 3 rings (SSSR count). The third kappa shape index (κ3) is 5.43. The Balaban J connectivity index is 1.79. The number of hydrogen-bond acceptors (Lipinski definition) is 4. The van der Waals surface area contributed by atoms with E-state index in [0.717, 1.165) is 11.1 Å². The molecule has 2 aromatic rings. The van der Waals surface area contributed by atoms with Gasteiger partial charge in [0.05, 0.1) is 13.2 Å². The normalized spacial score (nSPS) is 18.8. The number of amides is 1. The van der Waals surface area contributed by atoms with Crippen molar-refractivity contribution in [2.24, 2.45) is 5.92 Å². The summed E-state index contributed by atoms with van der Waals surface area (Å²) >= 11 is 0. The highest BCUT2D eigenvalue weighted by molar-refractivity contribution is 5.86. The summed E-state index contributed by atoms with van der Waals surface area (Å²) in [4.78, 5) is 25.6. The van der Waals surface area contributed by atoms with E-state index >= 15 is 0 Å². The third-order valence-corrected chi connectivity index (χ3v) is 5.62. The standard InChI is InChI=1S/C25H30FNO4/c1-15(19-11-10-18(26)14-22(19)30-5)21(28)13-17-12-16-8-6-7-9-20(16)23(17)27-24(29)31-25(2,3)4/h6-11,14-15,17,23H,12-13H2,1-5H3,(H,27,29)/t15?,17-,23-/m1/s1. The van der Waals surface area contributed by atoms with Gasteiger partial charge in [0.1, 0.15) is 23.0 Å². The average molecular weight is 428 g/mol. The topological polar surface area (TPSA) is 64.6 Å². The second-order valence-corrected chi connectivity index (χ2v) is 9.07. The monoisotopic (exact) mass is 427 g/mol. The van der Waals surface area contributed by atoms with Crippen LogP contribution in [0, 0.1) is 11.7 Å². The van der Waals surface area contributed by atoms with Crippen LogP contribution in [-0.4, -0.2) is 24.6 Å². The van der Waals surface area contributed by atoms with Crippen molar-refractivity contribution in [3.63, 3.8) is 0 Å². The molecule has 3 atom stereocenters. The lowest BCUT2D eigenvalue weighted by atomic mass is 9.87. The molecule has 0 saturated heterocycles. The van der Waals surface area contributed by atoms with Crippen molar-refractivity contribution in [3.05, 3.63) is 65.0 Å². The zero-order valence-electron chi connectivity index (χ0n) is 18.7. The van der Waals surface area contributed by atoms with E-state index in [-0.39, 0.29) is 24.2 Å². The fourth-order valence-corrected chi connectivity index (χ4v) is 4.15. The van der Waals surface area contributed by atoms with Gasteiger partial charge in [-0.1, -0.05) is 37.3 Å². The van der Waals surface area contributed by atoms with Crippen LogP contribution in [0.5, 0.6) is 5.75 Å². The van der Waals surface area contributed by atoms with E-state index < -0.39 is 23.4 Å². The lowest BCUT2D eigenvalue weighted by Crippen LogP contribution is -2.37. The number of benzene rings is 2. The summed E-state index contributed by atoms with van der Waals surface area (Å²) < 4.78 is 24.3. The zero-order valence-corrected chi connectivity index (χ0v) is 18.7. The summed E-state index contributed by atoms with van der Waals surface area (Å²) in [6, 6.07) is 11.8. The van der Waals surface area contributed by atoms with Crippen molar-refractivity contribution in [2.75, 3.05) is 7.11 Å². The van der Waals surface area contributed by atoms with E-state index in [9.17, 15) is 14.0 Å². The maximum atomic E-state index is 13.6. The number of fused-ring (bicyclic) bond motifs is 1. The zero-order chi connectivity index (χ0) is 22.8. The number of carbonyl (C=O) groups is 2. The summed E-state index contributed by atoms with van der Waals surface area (Å²) in [6.45, 7) is 7.24. The van der Waals surface area contributed by atoms with Gasteiger partial charge < -0.3 is 14.8 Å². The van der Waals surface area contributed by atoms with E-state index in [1.807, 2.05) is 45.0 Å². The molecule has 2 aromatic carbocycles. The highest BCUT2D eigenvalue weighted by Crippen LogP contribution is 2.40. The van der Waals surface area contributed by atoms with Crippen molar-refractivity contribution in [2.45, 2.75) is 58.1 Å². The van der Waals surface area contributed by atoms with Gasteiger partial charge in [-0.2, -0.15) is 0 Å². The number of ether oxygens (including phenoxy) is 2. The Morgan fingerprint density at radius 3 is 2.58 bits per heavy atom. The lowest BCUT2D eigenvalue weighted by Gasteiger charge is -2.26. The number of nitrogens with one attached hydrogen (secondary N) is 1. The van der Waals surface area contributed by atoms with Gasteiger partial charge in [0.2, 0.25) is 0 Å². The van der Waals surface area contributed by atoms with Gasteiger partial charge in [-0.25, -0.2) is 9.18 Å². The molecular weight excluding hydrogens is 397 g/mol. The Bertz CT molecular complexity index is 966. The third-order valence-electron chi connectivity index (χ3n) is 5.62. The number of halogens is 1. The van der Waals surface area contributed by atoms with Gasteiger partial charge in [-0.15, -0.1) is 0 Å². The summed E-state index contributed by atoms with van der Waals surface area (Å²) in [7, 11) is 1.46. The summed E-state index contributed by atoms with van der Waals surface area (Å²) in [6.07, 6.45) is 0.465. The minimum atomic E-state index is -0.610. The first kappa shape index (κ1) is 22.8. The number of methoxy groups -OCH3 is 1. The summed E-state index contributed by atoms with van der Waals surface area (Å²) in [5.74, 6) is -0.585. The molecule has 31 heavy (non-hydrogen) atoms. The van der Waals surface area contributed by atoms with Crippen molar-refractivity contribution in [1.82, 2.24) is 5.32 Å². The van der Waals surface area contributed by atoms with Crippen LogP contribution in [0.15, 0.2) is 42.5 Å². The van der Waals surface area contributed by atoms with Crippen molar-refractivity contribution in [3.8, 4) is 5.75 Å². The fraction of sp³-hybridized carbons (Fsp3) is 0.440. The first-order valence-electron chi connectivity index (χ1n) is 10.5. The Kier molecular flexibility index (Phi) is 6.68. The smallest absolute Gasteiger partial charge is 0.408 e. The van der Waals surface area contributed by atoms with Crippen LogP contribution in [0.1, 0.15) is 62.8 Å². The number of alkyl carbamates (subject to hydrolysis) is 1. The molecule has 0 fully saturated rings. The first-order valence-corrected chi connectivity index (χ1v) is 10.5. The Hall–Kier alpha value is -2.89. The van der Waals surface area contributed by atoms with Crippen LogP contribution in [0.2, 0.25) is 0 Å². The van der Waals surface area contributed by atoms with Gasteiger partial charge in [-0.05, 0) is 50.3 Å². The molecule has 0 saturated carbocycles. The van der Waals surface area contributed by atoms with E-state index in [2.05, 4.69) is 5.32 Å². The Morgan fingerprint density at radius 1 is 1.19 bits per heavy atom. The first-order chi connectivity index (χ1) is 14.6. The average Bonchev–Trinajstić information content (AvgIpc) is 3.02. The lowest BCUT2D eigenvalue weighted by molar-refractivity contribution is -0.121. The minimum absolute atomic E-state index is 0.0127. The van der Waals surface area contributed by atoms with Gasteiger partial charge >= 0.3 is 6.09 Å². The highest BCUT2D eigenvalue weighted by atomic mass is 19.1. The van der Waals surface area contributed by atoms with Gasteiger partial charge in [-0.3, -0.25) is 4.79 Å². The molecule has 5 nitrogen and oxygen atoms in total. The van der Waals surface area contributed by atoms with Crippen LogP contribution in [-0.2, 0) is 16.0 Å².